The summed E-state index contributed by atoms with van der Waals surface area (Å²) < 4.78 is 1.65. The summed E-state index contributed by atoms with van der Waals surface area (Å²) in [6.45, 7) is 8.40. The van der Waals surface area contributed by atoms with Crippen molar-refractivity contribution >= 4 is 16.9 Å². The minimum atomic E-state index is -0.124. The number of nitrogens with one attached hydrogen (secondary N) is 2. The molecule has 1 atom stereocenters. The third-order valence-electron chi connectivity index (χ3n) is 4.99. The standard InChI is InChI=1S/C17H25N5O2/c1-10-9-18-7-8-22(10)14(23)6-5-13-11(2)15-16(19-12(13)3)21(4)20-17(15)24/h10,18H,5-9H2,1-4H3,(H,20,24). The lowest BCUT2D eigenvalue weighted by atomic mass is 9.99. The lowest BCUT2D eigenvalue weighted by Gasteiger charge is -2.34. The van der Waals surface area contributed by atoms with Gasteiger partial charge < -0.3 is 10.2 Å². The van der Waals surface area contributed by atoms with Crippen molar-refractivity contribution in [1.29, 1.82) is 0 Å². The van der Waals surface area contributed by atoms with E-state index in [0.29, 0.717) is 23.9 Å². The first-order valence-corrected chi connectivity index (χ1v) is 8.45. The Bertz CT molecular complexity index is 836. The Morgan fingerprint density at radius 2 is 2.12 bits per heavy atom. The molecule has 2 aromatic rings. The van der Waals surface area contributed by atoms with Crippen molar-refractivity contribution in [2.24, 2.45) is 7.05 Å². The molecule has 1 fully saturated rings. The molecule has 2 N–H and O–H groups in total. The maximum Gasteiger partial charge on any atom is 0.273 e. The molecule has 2 aromatic heterocycles. The monoisotopic (exact) mass is 331 g/mol. The van der Waals surface area contributed by atoms with E-state index in [1.165, 1.54) is 0 Å². The number of hydrogen-bond donors (Lipinski definition) is 2. The summed E-state index contributed by atoms with van der Waals surface area (Å²) in [6, 6.07) is 0.228. The number of carbonyl (C=O) groups is 1. The van der Waals surface area contributed by atoms with Crippen molar-refractivity contribution in [1.82, 2.24) is 25.0 Å². The van der Waals surface area contributed by atoms with Crippen LogP contribution in [-0.2, 0) is 18.3 Å². The number of hydrogen-bond acceptors (Lipinski definition) is 4. The maximum absolute atomic E-state index is 12.5. The number of aromatic nitrogens is 3. The van der Waals surface area contributed by atoms with Gasteiger partial charge in [0.2, 0.25) is 5.91 Å². The van der Waals surface area contributed by atoms with Gasteiger partial charge in [-0.05, 0) is 38.3 Å². The molecule has 3 heterocycles. The van der Waals surface area contributed by atoms with Gasteiger partial charge in [0.05, 0.1) is 5.39 Å². The van der Waals surface area contributed by atoms with Gasteiger partial charge in [0.15, 0.2) is 5.65 Å². The molecule has 7 heteroatoms. The Balaban J connectivity index is 1.84. The summed E-state index contributed by atoms with van der Waals surface area (Å²) in [5.41, 5.74) is 3.37. The highest BCUT2D eigenvalue weighted by atomic mass is 16.2. The Morgan fingerprint density at radius 3 is 2.83 bits per heavy atom. The van der Waals surface area contributed by atoms with Crippen molar-refractivity contribution in [2.45, 2.75) is 39.7 Å². The number of fused-ring (bicyclic) bond motifs is 1. The van der Waals surface area contributed by atoms with E-state index in [1.54, 1.807) is 11.7 Å². The molecule has 1 unspecified atom stereocenters. The average molecular weight is 331 g/mol. The van der Waals surface area contributed by atoms with Crippen LogP contribution in [0.25, 0.3) is 11.0 Å². The molecule has 1 saturated heterocycles. The van der Waals surface area contributed by atoms with E-state index < -0.39 is 0 Å². The molecule has 0 bridgehead atoms. The van der Waals surface area contributed by atoms with Gasteiger partial charge >= 0.3 is 0 Å². The predicted molar refractivity (Wildman–Crippen MR) is 93.2 cm³/mol. The van der Waals surface area contributed by atoms with Crippen molar-refractivity contribution < 1.29 is 4.79 Å². The summed E-state index contributed by atoms with van der Waals surface area (Å²) in [4.78, 5) is 31.2. The number of rotatable bonds is 3. The number of piperazine rings is 1. The molecule has 0 saturated carbocycles. The van der Waals surface area contributed by atoms with E-state index in [2.05, 4.69) is 22.3 Å². The fourth-order valence-electron chi connectivity index (χ4n) is 3.60. The van der Waals surface area contributed by atoms with Gasteiger partial charge in [-0.25, -0.2) is 4.98 Å². The smallest absolute Gasteiger partial charge is 0.273 e. The highest BCUT2D eigenvalue weighted by molar-refractivity contribution is 5.81. The first-order valence-electron chi connectivity index (χ1n) is 8.45. The van der Waals surface area contributed by atoms with Crippen LogP contribution in [0.5, 0.6) is 0 Å². The van der Waals surface area contributed by atoms with Crippen LogP contribution >= 0.6 is 0 Å². The molecule has 3 rings (SSSR count). The molecular formula is C17H25N5O2. The zero-order valence-electron chi connectivity index (χ0n) is 14.8. The van der Waals surface area contributed by atoms with Gasteiger partial charge in [-0.2, -0.15) is 0 Å². The fraction of sp³-hybridized carbons (Fsp3) is 0.588. The molecule has 1 amide bonds. The Labute approximate surface area is 141 Å². The van der Waals surface area contributed by atoms with Gasteiger partial charge in [-0.1, -0.05) is 0 Å². The van der Waals surface area contributed by atoms with E-state index in [4.69, 9.17) is 0 Å². The van der Waals surface area contributed by atoms with Crippen LogP contribution in [0.15, 0.2) is 4.79 Å². The quantitative estimate of drug-likeness (QED) is 0.864. The number of aryl methyl sites for hydroxylation is 3. The van der Waals surface area contributed by atoms with Crippen molar-refractivity contribution in [3.63, 3.8) is 0 Å². The molecule has 1 aliphatic rings. The fourth-order valence-corrected chi connectivity index (χ4v) is 3.60. The number of amides is 1. The Morgan fingerprint density at radius 1 is 1.38 bits per heavy atom. The summed E-state index contributed by atoms with van der Waals surface area (Å²) in [6.07, 6.45) is 1.06. The third-order valence-corrected chi connectivity index (χ3v) is 4.99. The van der Waals surface area contributed by atoms with Crippen LogP contribution in [0.2, 0.25) is 0 Å². The van der Waals surface area contributed by atoms with Crippen LogP contribution in [0.3, 0.4) is 0 Å². The van der Waals surface area contributed by atoms with Crippen LogP contribution < -0.4 is 10.9 Å². The third kappa shape index (κ3) is 2.84. The molecule has 1 aliphatic heterocycles. The second-order valence-electron chi connectivity index (χ2n) is 6.64. The van der Waals surface area contributed by atoms with Gasteiger partial charge in [0.1, 0.15) is 0 Å². The molecule has 0 radical (unpaired) electrons. The van der Waals surface area contributed by atoms with Crippen LogP contribution in [-0.4, -0.2) is 51.2 Å². The van der Waals surface area contributed by atoms with Gasteiger partial charge in [-0.15, -0.1) is 0 Å². The molecule has 24 heavy (non-hydrogen) atoms. The Kier molecular flexibility index (Phi) is 4.45. The van der Waals surface area contributed by atoms with Crippen LogP contribution in [0, 0.1) is 13.8 Å². The number of pyridine rings is 1. The summed E-state index contributed by atoms with van der Waals surface area (Å²) in [5, 5.41) is 6.67. The number of aromatic amines is 1. The predicted octanol–water partition coefficient (Wildman–Crippen LogP) is 0.631. The molecule has 130 valence electrons. The normalized spacial score (nSPS) is 18.3. The zero-order valence-corrected chi connectivity index (χ0v) is 14.8. The van der Waals surface area contributed by atoms with E-state index in [9.17, 15) is 9.59 Å². The van der Waals surface area contributed by atoms with Crippen LogP contribution in [0.4, 0.5) is 0 Å². The van der Waals surface area contributed by atoms with Crippen LogP contribution in [0.1, 0.15) is 30.2 Å². The number of nitrogens with zero attached hydrogens (tertiary/aromatic N) is 3. The highest BCUT2D eigenvalue weighted by Crippen LogP contribution is 2.21. The van der Waals surface area contributed by atoms with E-state index in [-0.39, 0.29) is 17.5 Å². The Hall–Kier alpha value is -2.15. The minimum absolute atomic E-state index is 0.124. The van der Waals surface area contributed by atoms with Crippen molar-refractivity contribution in [3.8, 4) is 0 Å². The first-order chi connectivity index (χ1) is 11.4. The lowest BCUT2D eigenvalue weighted by molar-refractivity contribution is -0.133. The summed E-state index contributed by atoms with van der Waals surface area (Å²) in [5.74, 6) is 0.171. The second kappa shape index (κ2) is 6.39. The minimum Gasteiger partial charge on any atom is -0.337 e. The van der Waals surface area contributed by atoms with Crippen molar-refractivity contribution in [2.75, 3.05) is 19.6 Å². The molecule has 0 aromatic carbocycles. The second-order valence-corrected chi connectivity index (χ2v) is 6.64. The van der Waals surface area contributed by atoms with Crippen molar-refractivity contribution in [3.05, 3.63) is 27.2 Å². The van der Waals surface area contributed by atoms with E-state index in [1.807, 2.05) is 18.7 Å². The topological polar surface area (TPSA) is 83.0 Å². The molecule has 0 aliphatic carbocycles. The molecule has 7 nitrogen and oxygen atoms in total. The number of carbonyl (C=O) groups excluding carboxylic acids is 1. The first kappa shape index (κ1) is 16.7. The van der Waals surface area contributed by atoms with Gasteiger partial charge in [-0.3, -0.25) is 19.4 Å². The summed E-state index contributed by atoms with van der Waals surface area (Å²) in [7, 11) is 1.78. The number of H-pyrrole nitrogens is 1. The summed E-state index contributed by atoms with van der Waals surface area (Å²) >= 11 is 0. The SMILES string of the molecule is Cc1nc2c(c(C)c1CCC(=O)N1CCNCC1C)c(=O)[nH]n2C. The largest absolute Gasteiger partial charge is 0.337 e. The van der Waals surface area contributed by atoms with Gasteiger partial charge in [0.25, 0.3) is 5.56 Å². The van der Waals surface area contributed by atoms with E-state index in [0.717, 1.165) is 36.5 Å². The average Bonchev–Trinajstić information content (AvgIpc) is 2.81. The lowest BCUT2D eigenvalue weighted by Crippen LogP contribution is -2.52. The van der Waals surface area contributed by atoms with E-state index >= 15 is 0 Å². The zero-order chi connectivity index (χ0) is 17.4. The highest BCUT2D eigenvalue weighted by Gasteiger charge is 2.23. The molecular weight excluding hydrogens is 306 g/mol. The molecule has 0 spiro atoms. The maximum atomic E-state index is 12.5. The van der Waals surface area contributed by atoms with Gasteiger partial charge in [0, 0.05) is 44.8 Å².